The molecule has 0 amide bonds. The molecule has 4 saturated heterocycles. The summed E-state index contributed by atoms with van der Waals surface area (Å²) >= 11 is 0. The van der Waals surface area contributed by atoms with Gasteiger partial charge in [0.05, 0.1) is 62.2 Å². The maximum Gasteiger partial charge on any atom is 0.0952 e. The van der Waals surface area contributed by atoms with Crippen LogP contribution in [0.4, 0.5) is 11.4 Å². The number of nitrogens with one attached hydrogen (secondary N) is 4. The normalized spacial score (nSPS) is 25.8. The zero-order chi connectivity index (χ0) is 23.5. The molecule has 0 bridgehead atoms. The Morgan fingerprint density at radius 1 is 0.514 bits per heavy atom. The monoisotopic (exact) mass is 482 g/mol. The fraction of sp³-hybridized carbons (Fsp3) is 0.520. The topological polar surface area (TPSA) is 105 Å². The zero-order valence-corrected chi connectivity index (χ0v) is 19.8. The summed E-state index contributed by atoms with van der Waals surface area (Å²) in [6.07, 6.45) is 2.11. The van der Waals surface area contributed by atoms with Crippen molar-refractivity contribution in [2.24, 2.45) is 0 Å². The van der Waals surface area contributed by atoms with Gasteiger partial charge in [0.15, 0.2) is 0 Å². The zero-order valence-electron chi connectivity index (χ0n) is 19.8. The van der Waals surface area contributed by atoms with Gasteiger partial charge < -0.3 is 18.9 Å². The van der Waals surface area contributed by atoms with E-state index in [0.29, 0.717) is 24.4 Å². The molecule has 4 N–H and O–H groups in total. The summed E-state index contributed by atoms with van der Waals surface area (Å²) < 4.78 is 21.3. The Labute approximate surface area is 205 Å². The van der Waals surface area contributed by atoms with Gasteiger partial charge in [-0.05, 0) is 41.8 Å². The Morgan fingerprint density at radius 3 is 1.06 bits per heavy atom. The summed E-state index contributed by atoms with van der Waals surface area (Å²) in [6.45, 7) is 6.47. The predicted molar refractivity (Wildman–Crippen MR) is 132 cm³/mol. The van der Waals surface area contributed by atoms with E-state index >= 15 is 0 Å². The maximum atomic E-state index is 5.33. The van der Waals surface area contributed by atoms with E-state index in [4.69, 9.17) is 18.9 Å². The molecule has 0 saturated carbocycles. The van der Waals surface area contributed by atoms with Crippen molar-refractivity contribution in [2.45, 2.75) is 30.8 Å². The first-order chi connectivity index (χ1) is 17.3. The largest absolute Gasteiger partial charge is 0.372 e. The minimum Gasteiger partial charge on any atom is -0.372 e. The van der Waals surface area contributed by atoms with E-state index in [-0.39, 0.29) is 0 Å². The van der Waals surface area contributed by atoms with Gasteiger partial charge in [0, 0.05) is 26.2 Å². The molecule has 4 unspecified atom stereocenters. The predicted octanol–water partition coefficient (Wildman–Crippen LogP) is 0.504. The smallest absolute Gasteiger partial charge is 0.0952 e. The van der Waals surface area contributed by atoms with Gasteiger partial charge in [-0.2, -0.15) is 0 Å². The highest BCUT2D eigenvalue weighted by molar-refractivity contribution is 5.48. The Hall–Kier alpha value is -2.28. The van der Waals surface area contributed by atoms with Crippen molar-refractivity contribution < 1.29 is 18.9 Å². The molecular formula is C25H34N6O4. The molecule has 0 aromatic heterocycles. The van der Waals surface area contributed by atoms with Crippen molar-refractivity contribution in [3.8, 4) is 0 Å². The van der Waals surface area contributed by atoms with Crippen LogP contribution in [0.1, 0.15) is 11.1 Å². The van der Waals surface area contributed by atoms with Gasteiger partial charge in [0.1, 0.15) is 0 Å². The van der Waals surface area contributed by atoms with Crippen molar-refractivity contribution in [1.29, 1.82) is 0 Å². The molecule has 4 heterocycles. The van der Waals surface area contributed by atoms with Crippen LogP contribution in [0.5, 0.6) is 0 Å². The number of benzene rings is 2. The highest BCUT2D eigenvalue weighted by atomic mass is 16.6. The van der Waals surface area contributed by atoms with E-state index in [1.165, 1.54) is 11.1 Å². The number of hydrogen-bond acceptors (Lipinski definition) is 10. The van der Waals surface area contributed by atoms with Crippen LogP contribution in [0, 0.1) is 0 Å². The first-order valence-electron chi connectivity index (χ1n) is 12.5. The fourth-order valence-corrected chi connectivity index (χ4v) is 3.75. The minimum absolute atomic E-state index is 0.309. The van der Waals surface area contributed by atoms with Crippen LogP contribution in [0.3, 0.4) is 0 Å². The SMILES string of the molecule is c1cc(N(NCC2CO2)NCC2CO2)ccc1Cc1ccc(N(NCC2CO2)NCC2CO2)cc1. The van der Waals surface area contributed by atoms with E-state index in [1.54, 1.807) is 0 Å². The van der Waals surface area contributed by atoms with E-state index in [2.05, 4.69) is 70.2 Å². The first kappa shape index (κ1) is 23.1. The molecule has 35 heavy (non-hydrogen) atoms. The maximum absolute atomic E-state index is 5.33. The van der Waals surface area contributed by atoms with Crippen molar-refractivity contribution in [2.75, 3.05) is 62.8 Å². The third kappa shape index (κ3) is 7.35. The lowest BCUT2D eigenvalue weighted by molar-refractivity contribution is 0.369. The van der Waals surface area contributed by atoms with E-state index < -0.39 is 0 Å². The molecule has 10 heteroatoms. The molecule has 4 aliphatic rings. The molecule has 2 aromatic carbocycles. The molecule has 6 rings (SSSR count). The molecule has 4 aliphatic heterocycles. The number of rotatable bonds is 16. The summed E-state index contributed by atoms with van der Waals surface area (Å²) in [5, 5.41) is 3.96. The van der Waals surface area contributed by atoms with Crippen LogP contribution in [0.2, 0.25) is 0 Å². The molecule has 0 radical (unpaired) electrons. The second kappa shape index (κ2) is 10.8. The van der Waals surface area contributed by atoms with Crippen molar-refractivity contribution in [1.82, 2.24) is 21.7 Å². The number of ether oxygens (including phenoxy) is 4. The second-order valence-electron chi connectivity index (χ2n) is 9.45. The average Bonchev–Trinajstić information content (AvgIpc) is 3.72. The van der Waals surface area contributed by atoms with Crippen LogP contribution < -0.4 is 31.9 Å². The number of nitrogens with zero attached hydrogens (tertiary/aromatic N) is 2. The van der Waals surface area contributed by atoms with Gasteiger partial charge in [-0.25, -0.2) is 31.9 Å². The summed E-state index contributed by atoms with van der Waals surface area (Å²) in [6, 6.07) is 17.3. The first-order valence-corrected chi connectivity index (χ1v) is 12.5. The molecular weight excluding hydrogens is 448 g/mol. The lowest BCUT2D eigenvalue weighted by Crippen LogP contribution is -2.51. The van der Waals surface area contributed by atoms with Gasteiger partial charge in [-0.15, -0.1) is 0 Å². The Bertz CT molecular complexity index is 836. The molecule has 4 atom stereocenters. The van der Waals surface area contributed by atoms with Gasteiger partial charge in [-0.1, -0.05) is 24.3 Å². The van der Waals surface area contributed by atoms with Gasteiger partial charge in [-0.3, -0.25) is 0 Å². The standard InChI is InChI=1S/C25H34N6O4/c1-5-20(30(26-10-22-14-32-22)27-11-23-15-33-23)6-2-18(1)9-19-3-7-21(8-4-19)31(28-12-24-16-34-24)29-13-25-17-35-25/h1-8,22-29H,9-17H2. The average molecular weight is 483 g/mol. The summed E-state index contributed by atoms with van der Waals surface area (Å²) in [5.41, 5.74) is 18.3. The summed E-state index contributed by atoms with van der Waals surface area (Å²) in [7, 11) is 0. The molecule has 0 aliphatic carbocycles. The Kier molecular flexibility index (Phi) is 7.12. The van der Waals surface area contributed by atoms with Crippen molar-refractivity contribution in [3.63, 3.8) is 0 Å². The lowest BCUT2D eigenvalue weighted by Gasteiger charge is -2.26. The molecule has 2 aromatic rings. The molecule has 4 fully saturated rings. The lowest BCUT2D eigenvalue weighted by atomic mass is 10.0. The molecule has 0 spiro atoms. The highest BCUT2D eigenvalue weighted by Crippen LogP contribution is 2.20. The number of hydrogen-bond donors (Lipinski definition) is 4. The van der Waals surface area contributed by atoms with E-state index in [0.717, 1.165) is 70.4 Å². The highest BCUT2D eigenvalue weighted by Gasteiger charge is 2.27. The fourth-order valence-electron chi connectivity index (χ4n) is 3.75. The number of anilines is 2. The number of epoxide rings is 4. The van der Waals surface area contributed by atoms with Gasteiger partial charge in [0.2, 0.25) is 0 Å². The van der Waals surface area contributed by atoms with Crippen LogP contribution in [-0.2, 0) is 25.4 Å². The van der Waals surface area contributed by atoms with Gasteiger partial charge in [0.25, 0.3) is 0 Å². The van der Waals surface area contributed by atoms with Crippen LogP contribution in [0.15, 0.2) is 48.5 Å². The third-order valence-corrected chi connectivity index (χ3v) is 6.32. The van der Waals surface area contributed by atoms with Crippen LogP contribution in [-0.4, -0.2) is 77.0 Å². The molecule has 10 nitrogen and oxygen atoms in total. The second-order valence-corrected chi connectivity index (χ2v) is 9.45. The molecule has 188 valence electrons. The van der Waals surface area contributed by atoms with E-state index in [1.807, 2.05) is 10.2 Å². The van der Waals surface area contributed by atoms with Crippen molar-refractivity contribution in [3.05, 3.63) is 59.7 Å². The third-order valence-electron chi connectivity index (χ3n) is 6.32. The minimum atomic E-state index is 0.309. The Morgan fingerprint density at radius 2 is 0.800 bits per heavy atom. The van der Waals surface area contributed by atoms with Crippen LogP contribution in [0.25, 0.3) is 0 Å². The number of hydrazine groups is 4. The summed E-state index contributed by atoms with van der Waals surface area (Å²) in [4.78, 5) is 0. The van der Waals surface area contributed by atoms with Crippen LogP contribution >= 0.6 is 0 Å². The Balaban J connectivity index is 1.04. The summed E-state index contributed by atoms with van der Waals surface area (Å²) in [5.74, 6) is 0. The van der Waals surface area contributed by atoms with Crippen molar-refractivity contribution >= 4 is 11.4 Å². The van der Waals surface area contributed by atoms with E-state index in [9.17, 15) is 0 Å². The van der Waals surface area contributed by atoms with Gasteiger partial charge >= 0.3 is 0 Å². The quantitative estimate of drug-likeness (QED) is 0.200.